The van der Waals surface area contributed by atoms with Crippen LogP contribution in [-0.2, 0) is 13.1 Å². The van der Waals surface area contributed by atoms with Crippen molar-refractivity contribution in [3.8, 4) is 10.7 Å². The third-order valence-electron chi connectivity index (χ3n) is 2.72. The number of nitrogens with zero attached hydrogens (tertiary/aromatic N) is 3. The first-order chi connectivity index (χ1) is 9.81. The molecule has 3 aromatic rings. The Hall–Kier alpha value is -2.05. The van der Waals surface area contributed by atoms with Crippen molar-refractivity contribution in [1.29, 1.82) is 0 Å². The van der Waals surface area contributed by atoms with Gasteiger partial charge in [0, 0.05) is 30.7 Å². The molecule has 0 fully saturated rings. The minimum atomic E-state index is 0.674. The maximum atomic E-state index is 5.02. The molecule has 0 atom stereocenters. The lowest BCUT2D eigenvalue weighted by Gasteiger charge is -1.98. The average molecular weight is 286 g/mol. The molecule has 6 heteroatoms. The van der Waals surface area contributed by atoms with Crippen molar-refractivity contribution in [2.75, 3.05) is 0 Å². The van der Waals surface area contributed by atoms with E-state index in [1.165, 1.54) is 0 Å². The first-order valence-electron chi connectivity index (χ1n) is 6.30. The topological polar surface area (TPSA) is 63.8 Å². The number of hydrogen-bond donors (Lipinski definition) is 1. The SMILES string of the molecule is Cc1cc(CNCc2csc(-c3ccccn3)n2)no1. The van der Waals surface area contributed by atoms with E-state index in [9.17, 15) is 0 Å². The molecule has 3 rings (SSSR count). The summed E-state index contributed by atoms with van der Waals surface area (Å²) < 4.78 is 5.02. The molecule has 0 aromatic carbocycles. The van der Waals surface area contributed by atoms with E-state index in [2.05, 4.69) is 20.4 Å². The highest BCUT2D eigenvalue weighted by Gasteiger charge is 2.05. The van der Waals surface area contributed by atoms with E-state index in [1.54, 1.807) is 17.5 Å². The van der Waals surface area contributed by atoms with E-state index in [1.807, 2.05) is 36.6 Å². The van der Waals surface area contributed by atoms with Crippen molar-refractivity contribution < 1.29 is 4.52 Å². The predicted molar refractivity (Wildman–Crippen MR) is 77.1 cm³/mol. The van der Waals surface area contributed by atoms with Crippen LogP contribution in [0, 0.1) is 6.92 Å². The summed E-state index contributed by atoms with van der Waals surface area (Å²) in [6, 6.07) is 7.76. The van der Waals surface area contributed by atoms with E-state index in [4.69, 9.17) is 4.52 Å². The van der Waals surface area contributed by atoms with Crippen LogP contribution in [0.1, 0.15) is 17.1 Å². The number of aromatic nitrogens is 3. The van der Waals surface area contributed by atoms with Gasteiger partial charge in [-0.2, -0.15) is 0 Å². The summed E-state index contributed by atoms with van der Waals surface area (Å²) in [5.74, 6) is 0.827. The van der Waals surface area contributed by atoms with E-state index >= 15 is 0 Å². The molecule has 0 aliphatic carbocycles. The van der Waals surface area contributed by atoms with E-state index in [0.29, 0.717) is 13.1 Å². The van der Waals surface area contributed by atoms with Crippen LogP contribution >= 0.6 is 11.3 Å². The van der Waals surface area contributed by atoms with E-state index in [0.717, 1.165) is 27.8 Å². The molecule has 1 N–H and O–H groups in total. The molecule has 0 unspecified atom stereocenters. The van der Waals surface area contributed by atoms with Gasteiger partial charge in [0.2, 0.25) is 0 Å². The zero-order valence-corrected chi connectivity index (χ0v) is 11.9. The first-order valence-corrected chi connectivity index (χ1v) is 7.18. The summed E-state index contributed by atoms with van der Waals surface area (Å²) in [7, 11) is 0. The molecule has 3 aromatic heterocycles. The molecule has 20 heavy (non-hydrogen) atoms. The normalized spacial score (nSPS) is 10.8. The highest BCUT2D eigenvalue weighted by Crippen LogP contribution is 2.21. The molecule has 0 aliphatic heterocycles. The third-order valence-corrected chi connectivity index (χ3v) is 3.64. The summed E-state index contributed by atoms with van der Waals surface area (Å²) in [4.78, 5) is 8.86. The Morgan fingerprint density at radius 1 is 1.25 bits per heavy atom. The highest BCUT2D eigenvalue weighted by atomic mass is 32.1. The highest BCUT2D eigenvalue weighted by molar-refractivity contribution is 7.13. The fraction of sp³-hybridized carbons (Fsp3) is 0.214. The Bertz CT molecular complexity index is 677. The van der Waals surface area contributed by atoms with Crippen molar-refractivity contribution in [3.63, 3.8) is 0 Å². The zero-order valence-electron chi connectivity index (χ0n) is 11.0. The molecule has 3 heterocycles. The van der Waals surface area contributed by atoms with Gasteiger partial charge in [0.15, 0.2) is 0 Å². The second-order valence-electron chi connectivity index (χ2n) is 4.39. The van der Waals surface area contributed by atoms with E-state index in [-0.39, 0.29) is 0 Å². The number of hydrogen-bond acceptors (Lipinski definition) is 6. The van der Waals surface area contributed by atoms with Crippen LogP contribution in [-0.4, -0.2) is 15.1 Å². The molecule has 0 saturated carbocycles. The monoisotopic (exact) mass is 286 g/mol. The number of rotatable bonds is 5. The molecule has 0 aliphatic rings. The van der Waals surface area contributed by atoms with Crippen LogP contribution in [0.2, 0.25) is 0 Å². The Morgan fingerprint density at radius 2 is 2.15 bits per heavy atom. The Balaban J connectivity index is 1.58. The van der Waals surface area contributed by atoms with Gasteiger partial charge in [0.1, 0.15) is 10.8 Å². The second kappa shape index (κ2) is 5.94. The molecule has 5 nitrogen and oxygen atoms in total. The quantitative estimate of drug-likeness (QED) is 0.781. The fourth-order valence-corrected chi connectivity index (χ4v) is 2.61. The van der Waals surface area contributed by atoms with Gasteiger partial charge in [-0.15, -0.1) is 11.3 Å². The number of aryl methyl sites for hydroxylation is 1. The van der Waals surface area contributed by atoms with Crippen molar-refractivity contribution in [2.45, 2.75) is 20.0 Å². The third kappa shape index (κ3) is 3.09. The van der Waals surface area contributed by atoms with Gasteiger partial charge >= 0.3 is 0 Å². The fourth-order valence-electron chi connectivity index (χ4n) is 1.81. The molecule has 102 valence electrons. The van der Waals surface area contributed by atoms with Crippen molar-refractivity contribution >= 4 is 11.3 Å². The lowest BCUT2D eigenvalue weighted by molar-refractivity contribution is 0.388. The van der Waals surface area contributed by atoms with Gasteiger partial charge in [-0.1, -0.05) is 11.2 Å². The van der Waals surface area contributed by atoms with Crippen LogP contribution in [0.15, 0.2) is 40.4 Å². The maximum absolute atomic E-state index is 5.02. The van der Waals surface area contributed by atoms with Gasteiger partial charge < -0.3 is 9.84 Å². The van der Waals surface area contributed by atoms with Crippen LogP contribution in [0.5, 0.6) is 0 Å². The average Bonchev–Trinajstić information content (AvgIpc) is 3.09. The van der Waals surface area contributed by atoms with Gasteiger partial charge in [0.05, 0.1) is 17.1 Å². The molecule has 0 saturated heterocycles. The van der Waals surface area contributed by atoms with Crippen LogP contribution < -0.4 is 5.32 Å². The molecular formula is C14H14N4OS. The van der Waals surface area contributed by atoms with Crippen molar-refractivity contribution in [3.05, 3.63) is 53.0 Å². The Morgan fingerprint density at radius 3 is 2.90 bits per heavy atom. The van der Waals surface area contributed by atoms with Gasteiger partial charge in [-0.3, -0.25) is 4.98 Å². The summed E-state index contributed by atoms with van der Waals surface area (Å²) >= 11 is 1.61. The summed E-state index contributed by atoms with van der Waals surface area (Å²) in [6.45, 7) is 3.26. The molecular weight excluding hydrogens is 272 g/mol. The van der Waals surface area contributed by atoms with Gasteiger partial charge in [-0.05, 0) is 19.1 Å². The lowest BCUT2D eigenvalue weighted by atomic mass is 10.3. The van der Waals surface area contributed by atoms with E-state index < -0.39 is 0 Å². The summed E-state index contributed by atoms with van der Waals surface area (Å²) in [5, 5.41) is 10.2. The number of pyridine rings is 1. The first kappa shape index (κ1) is 13.0. The predicted octanol–water partition coefficient (Wildman–Crippen LogP) is 2.79. The summed E-state index contributed by atoms with van der Waals surface area (Å²) in [5.41, 5.74) is 2.83. The molecule has 0 bridgehead atoms. The number of nitrogens with one attached hydrogen (secondary N) is 1. The Kier molecular flexibility index (Phi) is 3.85. The van der Waals surface area contributed by atoms with Gasteiger partial charge in [-0.25, -0.2) is 4.98 Å². The van der Waals surface area contributed by atoms with Crippen LogP contribution in [0.3, 0.4) is 0 Å². The minimum absolute atomic E-state index is 0.674. The van der Waals surface area contributed by atoms with Crippen LogP contribution in [0.4, 0.5) is 0 Å². The van der Waals surface area contributed by atoms with Gasteiger partial charge in [0.25, 0.3) is 0 Å². The zero-order chi connectivity index (χ0) is 13.8. The smallest absolute Gasteiger partial charge is 0.142 e. The minimum Gasteiger partial charge on any atom is -0.361 e. The largest absolute Gasteiger partial charge is 0.361 e. The Labute approximate surface area is 120 Å². The lowest BCUT2D eigenvalue weighted by Crippen LogP contribution is -2.13. The van der Waals surface area contributed by atoms with Crippen molar-refractivity contribution in [1.82, 2.24) is 20.4 Å². The summed E-state index contributed by atoms with van der Waals surface area (Å²) in [6.07, 6.45) is 1.78. The molecule has 0 amide bonds. The second-order valence-corrected chi connectivity index (χ2v) is 5.25. The molecule has 0 radical (unpaired) electrons. The van der Waals surface area contributed by atoms with Crippen molar-refractivity contribution in [2.24, 2.45) is 0 Å². The molecule has 0 spiro atoms. The number of thiazole rings is 1. The maximum Gasteiger partial charge on any atom is 0.142 e. The van der Waals surface area contributed by atoms with Crippen LogP contribution in [0.25, 0.3) is 10.7 Å². The standard InChI is InChI=1S/C14H14N4OS/c1-10-6-11(18-19-10)7-15-8-12-9-20-14(17-12)13-4-2-3-5-16-13/h2-6,9,15H,7-8H2,1H3.